The second-order valence-electron chi connectivity index (χ2n) is 3.71. The van der Waals surface area contributed by atoms with Crippen LogP contribution >= 0.6 is 11.8 Å². The van der Waals surface area contributed by atoms with Gasteiger partial charge < -0.3 is 14.2 Å². The SMILES string of the molecule is Cc1cn(Cc2nc(C)no2)c(SCC(=O)O)n1. The van der Waals surface area contributed by atoms with E-state index in [1.807, 2.05) is 13.1 Å². The van der Waals surface area contributed by atoms with Gasteiger partial charge in [0, 0.05) is 6.20 Å². The van der Waals surface area contributed by atoms with Crippen molar-refractivity contribution < 1.29 is 14.4 Å². The van der Waals surface area contributed by atoms with Crippen LogP contribution in [0.2, 0.25) is 0 Å². The van der Waals surface area contributed by atoms with Gasteiger partial charge in [-0.05, 0) is 13.8 Å². The molecule has 0 radical (unpaired) electrons. The number of aromatic nitrogens is 4. The van der Waals surface area contributed by atoms with Crippen molar-refractivity contribution in [3.63, 3.8) is 0 Å². The summed E-state index contributed by atoms with van der Waals surface area (Å²) in [6.07, 6.45) is 1.82. The van der Waals surface area contributed by atoms with Crippen molar-refractivity contribution in [3.8, 4) is 0 Å². The Balaban J connectivity index is 2.14. The molecule has 8 heteroatoms. The Morgan fingerprint density at radius 1 is 1.50 bits per heavy atom. The summed E-state index contributed by atoms with van der Waals surface area (Å²) in [5.74, 6) is 0.142. The number of hydrogen-bond acceptors (Lipinski definition) is 6. The predicted octanol–water partition coefficient (Wildman–Crippen LogP) is 1.11. The highest BCUT2D eigenvalue weighted by Gasteiger charge is 2.11. The molecule has 18 heavy (non-hydrogen) atoms. The summed E-state index contributed by atoms with van der Waals surface area (Å²) in [6, 6.07) is 0. The van der Waals surface area contributed by atoms with E-state index in [2.05, 4.69) is 15.1 Å². The molecule has 0 atom stereocenters. The lowest BCUT2D eigenvalue weighted by Gasteiger charge is -2.02. The minimum absolute atomic E-state index is 0.0285. The zero-order chi connectivity index (χ0) is 13.1. The maximum atomic E-state index is 10.6. The monoisotopic (exact) mass is 268 g/mol. The third-order valence-corrected chi connectivity index (χ3v) is 3.04. The fourth-order valence-corrected chi connectivity index (χ4v) is 2.17. The molecule has 96 valence electrons. The van der Waals surface area contributed by atoms with Gasteiger partial charge in [0.15, 0.2) is 11.0 Å². The average molecular weight is 268 g/mol. The summed E-state index contributed by atoms with van der Waals surface area (Å²) in [5, 5.41) is 13.0. The number of carbonyl (C=O) groups is 1. The quantitative estimate of drug-likeness (QED) is 0.811. The number of imidazole rings is 1. The summed E-state index contributed by atoms with van der Waals surface area (Å²) in [4.78, 5) is 18.9. The highest BCUT2D eigenvalue weighted by atomic mass is 32.2. The highest BCUT2D eigenvalue weighted by molar-refractivity contribution is 7.99. The molecule has 1 N–H and O–H groups in total. The Labute approximate surface area is 107 Å². The van der Waals surface area contributed by atoms with Crippen LogP contribution < -0.4 is 0 Å². The zero-order valence-electron chi connectivity index (χ0n) is 9.95. The lowest BCUT2D eigenvalue weighted by Crippen LogP contribution is -2.04. The number of aliphatic carboxylic acids is 1. The Bertz CT molecular complexity index is 563. The third kappa shape index (κ3) is 3.10. The Morgan fingerprint density at radius 2 is 2.28 bits per heavy atom. The lowest BCUT2D eigenvalue weighted by atomic mass is 10.5. The molecule has 0 spiro atoms. The number of carboxylic acid groups (broad SMARTS) is 1. The molecule has 0 saturated carbocycles. The van der Waals surface area contributed by atoms with Crippen LogP contribution in [0, 0.1) is 13.8 Å². The van der Waals surface area contributed by atoms with Crippen LogP contribution in [0.1, 0.15) is 17.4 Å². The Kier molecular flexibility index (Phi) is 3.66. The molecule has 2 heterocycles. The topological polar surface area (TPSA) is 94.0 Å². The van der Waals surface area contributed by atoms with Gasteiger partial charge in [0.2, 0.25) is 5.89 Å². The fourth-order valence-electron chi connectivity index (χ4n) is 1.43. The fraction of sp³-hybridized carbons (Fsp3) is 0.400. The van der Waals surface area contributed by atoms with Crippen LogP contribution in [0.4, 0.5) is 0 Å². The summed E-state index contributed by atoms with van der Waals surface area (Å²) in [7, 11) is 0. The van der Waals surface area contributed by atoms with Gasteiger partial charge in [0.05, 0.1) is 11.4 Å². The van der Waals surface area contributed by atoms with E-state index in [0.29, 0.717) is 23.4 Å². The van der Waals surface area contributed by atoms with Crippen molar-refractivity contribution in [1.82, 2.24) is 19.7 Å². The van der Waals surface area contributed by atoms with Crippen molar-refractivity contribution in [3.05, 3.63) is 23.6 Å². The van der Waals surface area contributed by atoms with Crippen molar-refractivity contribution in [2.75, 3.05) is 5.75 Å². The molecular formula is C10H12N4O3S. The summed E-state index contributed by atoms with van der Waals surface area (Å²) < 4.78 is 6.82. The number of thioether (sulfide) groups is 1. The van der Waals surface area contributed by atoms with Crippen LogP contribution in [0.5, 0.6) is 0 Å². The standard InChI is InChI=1S/C10H12N4O3S/c1-6-3-14(4-8-12-7(2)13-17-8)10(11-6)18-5-9(15)16/h3H,4-5H2,1-2H3,(H,15,16). The number of aryl methyl sites for hydroxylation is 2. The Morgan fingerprint density at radius 3 is 2.89 bits per heavy atom. The van der Waals surface area contributed by atoms with Crippen LogP contribution in [-0.4, -0.2) is 36.5 Å². The highest BCUT2D eigenvalue weighted by Crippen LogP contribution is 2.18. The van der Waals surface area contributed by atoms with Crippen LogP contribution in [0.3, 0.4) is 0 Å². The van der Waals surface area contributed by atoms with Crippen LogP contribution in [-0.2, 0) is 11.3 Å². The normalized spacial score (nSPS) is 10.8. The average Bonchev–Trinajstić information content (AvgIpc) is 2.83. The van der Waals surface area contributed by atoms with E-state index in [9.17, 15) is 4.79 Å². The summed E-state index contributed by atoms with van der Waals surface area (Å²) >= 11 is 1.16. The van der Waals surface area contributed by atoms with Crippen molar-refractivity contribution >= 4 is 17.7 Å². The molecule has 7 nitrogen and oxygen atoms in total. The van der Waals surface area contributed by atoms with Gasteiger partial charge in [0.25, 0.3) is 0 Å². The molecule has 0 aliphatic carbocycles. The molecule has 0 aromatic carbocycles. The first-order valence-electron chi connectivity index (χ1n) is 5.22. The predicted molar refractivity (Wildman–Crippen MR) is 63.5 cm³/mol. The minimum atomic E-state index is -0.874. The van der Waals surface area contributed by atoms with Gasteiger partial charge in [-0.25, -0.2) is 4.98 Å². The van der Waals surface area contributed by atoms with E-state index < -0.39 is 5.97 Å². The maximum Gasteiger partial charge on any atom is 0.313 e. The van der Waals surface area contributed by atoms with Gasteiger partial charge >= 0.3 is 5.97 Å². The first-order chi connectivity index (χ1) is 8.54. The Hall–Kier alpha value is -1.83. The molecule has 0 aliphatic heterocycles. The van der Waals surface area contributed by atoms with Gasteiger partial charge in [-0.2, -0.15) is 4.98 Å². The smallest absolute Gasteiger partial charge is 0.313 e. The van der Waals surface area contributed by atoms with E-state index in [-0.39, 0.29) is 5.75 Å². The molecule has 0 fully saturated rings. The van der Waals surface area contributed by atoms with E-state index in [0.717, 1.165) is 17.5 Å². The van der Waals surface area contributed by atoms with Crippen molar-refractivity contribution in [1.29, 1.82) is 0 Å². The molecule has 0 unspecified atom stereocenters. The van der Waals surface area contributed by atoms with E-state index in [4.69, 9.17) is 9.63 Å². The van der Waals surface area contributed by atoms with E-state index in [1.54, 1.807) is 11.5 Å². The number of rotatable bonds is 5. The molecule has 2 aromatic rings. The number of hydrogen-bond donors (Lipinski definition) is 1. The lowest BCUT2D eigenvalue weighted by molar-refractivity contribution is -0.133. The third-order valence-electron chi connectivity index (χ3n) is 2.06. The summed E-state index contributed by atoms with van der Waals surface area (Å²) in [5.41, 5.74) is 0.819. The van der Waals surface area contributed by atoms with E-state index >= 15 is 0 Å². The molecule has 0 saturated heterocycles. The van der Waals surface area contributed by atoms with Crippen LogP contribution in [0.15, 0.2) is 15.9 Å². The first kappa shape index (κ1) is 12.6. The van der Waals surface area contributed by atoms with Gasteiger partial charge in [-0.1, -0.05) is 16.9 Å². The van der Waals surface area contributed by atoms with Gasteiger partial charge in [0.1, 0.15) is 6.54 Å². The molecular weight excluding hydrogens is 256 g/mol. The van der Waals surface area contributed by atoms with Gasteiger partial charge in [-0.3, -0.25) is 4.79 Å². The van der Waals surface area contributed by atoms with Crippen LogP contribution in [0.25, 0.3) is 0 Å². The maximum absolute atomic E-state index is 10.6. The second kappa shape index (κ2) is 5.21. The van der Waals surface area contributed by atoms with Crippen molar-refractivity contribution in [2.45, 2.75) is 25.5 Å². The first-order valence-corrected chi connectivity index (χ1v) is 6.20. The molecule has 2 aromatic heterocycles. The zero-order valence-corrected chi connectivity index (χ0v) is 10.8. The molecule has 0 bridgehead atoms. The second-order valence-corrected chi connectivity index (χ2v) is 4.65. The largest absolute Gasteiger partial charge is 0.481 e. The minimum Gasteiger partial charge on any atom is -0.481 e. The number of carboxylic acids is 1. The molecule has 2 rings (SSSR count). The molecule has 0 aliphatic rings. The molecule has 0 amide bonds. The summed E-state index contributed by atoms with van der Waals surface area (Å²) in [6.45, 7) is 3.98. The van der Waals surface area contributed by atoms with Gasteiger partial charge in [-0.15, -0.1) is 0 Å². The number of nitrogens with zero attached hydrogens (tertiary/aromatic N) is 4. The van der Waals surface area contributed by atoms with E-state index in [1.165, 1.54) is 0 Å². The van der Waals surface area contributed by atoms with Crippen molar-refractivity contribution in [2.24, 2.45) is 0 Å².